The first-order valence-corrected chi connectivity index (χ1v) is 7.13. The van der Waals surface area contributed by atoms with Crippen LogP contribution in [0.1, 0.15) is 20.7 Å². The Balaban J connectivity index is 2.02. The third kappa shape index (κ3) is 4.21. The highest BCUT2D eigenvalue weighted by Gasteiger charge is 2.13. The molecule has 1 N–H and O–H groups in total. The lowest BCUT2D eigenvalue weighted by atomic mass is 10.1. The van der Waals surface area contributed by atoms with E-state index in [1.807, 2.05) is 0 Å². The zero-order chi connectivity index (χ0) is 15.4. The summed E-state index contributed by atoms with van der Waals surface area (Å²) in [6.07, 6.45) is 0. The lowest BCUT2D eigenvalue weighted by Crippen LogP contribution is -2.29. The molecule has 0 aromatic heterocycles. The second-order valence-corrected chi connectivity index (χ2v) is 5.52. The SMILES string of the molecule is O=C(CNC(=O)c1ccc(Cl)cc1Cl)c1cccc(Cl)c1. The molecule has 0 saturated carbocycles. The van der Waals surface area contributed by atoms with E-state index in [0.717, 1.165) is 0 Å². The van der Waals surface area contributed by atoms with E-state index in [4.69, 9.17) is 34.8 Å². The summed E-state index contributed by atoms with van der Waals surface area (Å²) in [4.78, 5) is 23.9. The Hall–Kier alpha value is -1.55. The van der Waals surface area contributed by atoms with Gasteiger partial charge in [0.2, 0.25) is 0 Å². The van der Waals surface area contributed by atoms with E-state index in [-0.39, 0.29) is 22.9 Å². The van der Waals surface area contributed by atoms with Crippen molar-refractivity contribution in [1.29, 1.82) is 0 Å². The molecule has 21 heavy (non-hydrogen) atoms. The number of carbonyl (C=O) groups excluding carboxylic acids is 2. The third-order valence-electron chi connectivity index (χ3n) is 2.73. The number of rotatable bonds is 4. The van der Waals surface area contributed by atoms with E-state index in [9.17, 15) is 9.59 Å². The summed E-state index contributed by atoms with van der Waals surface area (Å²) in [6.45, 7) is -0.141. The minimum Gasteiger partial charge on any atom is -0.345 e. The summed E-state index contributed by atoms with van der Waals surface area (Å²) in [6, 6.07) is 11.1. The maximum absolute atomic E-state index is 12.0. The fourth-order valence-electron chi connectivity index (χ4n) is 1.69. The molecular formula is C15H10Cl3NO2. The van der Waals surface area contributed by atoms with Gasteiger partial charge in [0.15, 0.2) is 5.78 Å². The van der Waals surface area contributed by atoms with Gasteiger partial charge < -0.3 is 5.32 Å². The summed E-state index contributed by atoms with van der Waals surface area (Å²) in [5, 5.41) is 3.65. The number of carbonyl (C=O) groups is 2. The van der Waals surface area contributed by atoms with Gasteiger partial charge in [-0.3, -0.25) is 9.59 Å². The highest BCUT2D eigenvalue weighted by Crippen LogP contribution is 2.20. The molecule has 3 nitrogen and oxygen atoms in total. The molecule has 0 saturated heterocycles. The van der Waals surface area contributed by atoms with Gasteiger partial charge in [0.05, 0.1) is 17.1 Å². The summed E-state index contributed by atoms with van der Waals surface area (Å²) < 4.78 is 0. The van der Waals surface area contributed by atoms with Crippen LogP contribution >= 0.6 is 34.8 Å². The second kappa shape index (κ2) is 6.94. The van der Waals surface area contributed by atoms with Crippen molar-refractivity contribution in [2.75, 3.05) is 6.54 Å². The van der Waals surface area contributed by atoms with Crippen molar-refractivity contribution in [2.45, 2.75) is 0 Å². The average molecular weight is 343 g/mol. The third-order valence-corrected chi connectivity index (χ3v) is 3.51. The average Bonchev–Trinajstić information content (AvgIpc) is 2.44. The normalized spacial score (nSPS) is 10.2. The summed E-state index contributed by atoms with van der Waals surface area (Å²) in [5.74, 6) is -0.678. The molecule has 2 rings (SSSR count). The number of halogens is 3. The number of benzene rings is 2. The van der Waals surface area contributed by atoms with Crippen LogP contribution in [0, 0.1) is 0 Å². The summed E-state index contributed by atoms with van der Waals surface area (Å²) >= 11 is 17.5. The van der Waals surface area contributed by atoms with E-state index >= 15 is 0 Å². The lowest BCUT2D eigenvalue weighted by molar-refractivity contribution is 0.0904. The first-order chi connectivity index (χ1) is 9.97. The van der Waals surface area contributed by atoms with Crippen LogP contribution in [0.15, 0.2) is 42.5 Å². The fraction of sp³-hybridized carbons (Fsp3) is 0.0667. The maximum Gasteiger partial charge on any atom is 0.253 e. The van der Waals surface area contributed by atoms with Crippen LogP contribution in [-0.4, -0.2) is 18.2 Å². The van der Waals surface area contributed by atoms with E-state index in [1.54, 1.807) is 30.3 Å². The lowest BCUT2D eigenvalue weighted by Gasteiger charge is -2.07. The molecule has 0 spiro atoms. The largest absolute Gasteiger partial charge is 0.345 e. The molecule has 0 aliphatic carbocycles. The number of hydrogen-bond donors (Lipinski definition) is 1. The van der Waals surface area contributed by atoms with Crippen LogP contribution in [-0.2, 0) is 0 Å². The zero-order valence-electron chi connectivity index (χ0n) is 10.7. The van der Waals surface area contributed by atoms with E-state index in [1.165, 1.54) is 12.1 Å². The first-order valence-electron chi connectivity index (χ1n) is 5.99. The number of amides is 1. The molecule has 2 aromatic rings. The fourth-order valence-corrected chi connectivity index (χ4v) is 2.38. The molecule has 0 heterocycles. The van der Waals surface area contributed by atoms with Crippen LogP contribution in [0.3, 0.4) is 0 Å². The zero-order valence-corrected chi connectivity index (χ0v) is 13.0. The van der Waals surface area contributed by atoms with E-state index in [0.29, 0.717) is 15.6 Å². The van der Waals surface area contributed by atoms with Gasteiger partial charge in [-0.05, 0) is 30.3 Å². The number of nitrogens with one attached hydrogen (secondary N) is 1. The van der Waals surface area contributed by atoms with Crippen molar-refractivity contribution < 1.29 is 9.59 Å². The van der Waals surface area contributed by atoms with Gasteiger partial charge in [0, 0.05) is 15.6 Å². The van der Waals surface area contributed by atoms with Gasteiger partial charge in [-0.1, -0.05) is 46.9 Å². The monoisotopic (exact) mass is 341 g/mol. The molecule has 6 heteroatoms. The van der Waals surface area contributed by atoms with Crippen LogP contribution in [0.5, 0.6) is 0 Å². The van der Waals surface area contributed by atoms with Gasteiger partial charge in [-0.25, -0.2) is 0 Å². The first kappa shape index (κ1) is 15.8. The van der Waals surface area contributed by atoms with Crippen LogP contribution in [0.25, 0.3) is 0 Å². The Morgan fingerprint density at radius 2 is 1.67 bits per heavy atom. The smallest absolute Gasteiger partial charge is 0.253 e. The Morgan fingerprint density at radius 1 is 0.952 bits per heavy atom. The van der Waals surface area contributed by atoms with Crippen molar-refractivity contribution >= 4 is 46.5 Å². The molecule has 0 aliphatic heterocycles. The quantitative estimate of drug-likeness (QED) is 0.844. The minimum atomic E-state index is -0.438. The number of ketones is 1. The van der Waals surface area contributed by atoms with Crippen molar-refractivity contribution in [3.8, 4) is 0 Å². The van der Waals surface area contributed by atoms with Gasteiger partial charge >= 0.3 is 0 Å². The molecule has 1 amide bonds. The highest BCUT2D eigenvalue weighted by molar-refractivity contribution is 6.36. The minimum absolute atomic E-state index is 0.141. The standard InChI is InChI=1S/C15H10Cl3NO2/c16-10-3-1-2-9(6-10)14(20)8-19-15(21)12-5-4-11(17)7-13(12)18/h1-7H,8H2,(H,19,21). The van der Waals surface area contributed by atoms with Gasteiger partial charge in [-0.15, -0.1) is 0 Å². The van der Waals surface area contributed by atoms with Crippen LogP contribution in [0.2, 0.25) is 15.1 Å². The van der Waals surface area contributed by atoms with Crippen molar-refractivity contribution in [3.05, 3.63) is 68.7 Å². The maximum atomic E-state index is 12.0. The van der Waals surface area contributed by atoms with E-state index < -0.39 is 5.91 Å². The molecular weight excluding hydrogens is 333 g/mol. The predicted molar refractivity (Wildman–Crippen MR) is 84.6 cm³/mol. The molecule has 0 unspecified atom stereocenters. The Kier molecular flexibility index (Phi) is 5.23. The van der Waals surface area contributed by atoms with Crippen LogP contribution < -0.4 is 5.32 Å². The number of Topliss-reactive ketones (excluding diaryl/α,β-unsaturated/α-hetero) is 1. The van der Waals surface area contributed by atoms with Gasteiger partial charge in [0.1, 0.15) is 0 Å². The Bertz CT molecular complexity index is 701. The van der Waals surface area contributed by atoms with Gasteiger partial charge in [0.25, 0.3) is 5.91 Å². The van der Waals surface area contributed by atoms with Gasteiger partial charge in [-0.2, -0.15) is 0 Å². The van der Waals surface area contributed by atoms with Crippen molar-refractivity contribution in [2.24, 2.45) is 0 Å². The van der Waals surface area contributed by atoms with Crippen LogP contribution in [0.4, 0.5) is 0 Å². The molecule has 0 bridgehead atoms. The molecule has 0 atom stereocenters. The molecule has 0 radical (unpaired) electrons. The predicted octanol–water partition coefficient (Wildman–Crippen LogP) is 4.26. The Labute approximate surface area is 136 Å². The molecule has 0 fully saturated rings. The van der Waals surface area contributed by atoms with Crippen molar-refractivity contribution in [1.82, 2.24) is 5.32 Å². The topological polar surface area (TPSA) is 46.2 Å². The molecule has 2 aromatic carbocycles. The van der Waals surface area contributed by atoms with E-state index in [2.05, 4.69) is 5.32 Å². The van der Waals surface area contributed by atoms with Crippen molar-refractivity contribution in [3.63, 3.8) is 0 Å². The molecule has 108 valence electrons. The highest BCUT2D eigenvalue weighted by atomic mass is 35.5. The number of hydrogen-bond acceptors (Lipinski definition) is 2. The second-order valence-electron chi connectivity index (χ2n) is 4.24. The summed E-state index contributed by atoms with van der Waals surface area (Å²) in [7, 11) is 0. The molecule has 0 aliphatic rings. The summed E-state index contributed by atoms with van der Waals surface area (Å²) in [5.41, 5.74) is 0.699. The Morgan fingerprint density at radius 3 is 2.33 bits per heavy atom.